The maximum atomic E-state index is 13.3. The molecular weight excluding hydrogens is 432 g/mol. The van der Waals surface area contributed by atoms with Gasteiger partial charge in [-0.05, 0) is 42.7 Å². The molecule has 0 saturated heterocycles. The molecule has 7 heteroatoms. The number of carbonyl (C=O) groups is 3. The lowest BCUT2D eigenvalue weighted by Gasteiger charge is -2.34. The van der Waals surface area contributed by atoms with E-state index in [2.05, 4.69) is 10.6 Å². The fourth-order valence-electron chi connectivity index (χ4n) is 3.66. The van der Waals surface area contributed by atoms with Crippen LogP contribution in [0.2, 0.25) is 0 Å². The lowest BCUT2D eigenvalue weighted by Crippen LogP contribution is -2.61. The fraction of sp³-hybridized carbons (Fsp3) is 0.222. The predicted octanol–water partition coefficient (Wildman–Crippen LogP) is 3.56. The van der Waals surface area contributed by atoms with Gasteiger partial charge in [0.1, 0.15) is 18.4 Å². The van der Waals surface area contributed by atoms with Crippen LogP contribution in [0.4, 0.5) is 5.69 Å². The zero-order valence-corrected chi connectivity index (χ0v) is 19.0. The second kappa shape index (κ2) is 9.79. The van der Waals surface area contributed by atoms with Gasteiger partial charge in [-0.3, -0.25) is 9.59 Å². The van der Waals surface area contributed by atoms with E-state index in [0.717, 1.165) is 16.7 Å². The quantitative estimate of drug-likeness (QED) is 0.417. The third kappa shape index (κ3) is 5.09. The molecule has 0 spiro atoms. The third-order valence-electron chi connectivity index (χ3n) is 5.66. The summed E-state index contributed by atoms with van der Waals surface area (Å²) in [6.45, 7) is 3.35. The molecule has 2 N–H and O–H groups in total. The molecule has 4 rings (SSSR count). The molecule has 0 unspecified atom stereocenters. The molecule has 174 valence electrons. The largest absolute Gasteiger partial charge is 0.466 e. The number of nitrogens with one attached hydrogen (secondary N) is 2. The van der Waals surface area contributed by atoms with Crippen molar-refractivity contribution in [2.24, 2.45) is 0 Å². The van der Waals surface area contributed by atoms with E-state index in [9.17, 15) is 14.4 Å². The fourth-order valence-corrected chi connectivity index (χ4v) is 3.66. The van der Waals surface area contributed by atoms with Crippen LogP contribution in [0.25, 0.3) is 0 Å². The van der Waals surface area contributed by atoms with Crippen LogP contribution >= 0.6 is 0 Å². The topological polar surface area (TPSA) is 93.7 Å². The number of ether oxygens (including phenoxy) is 2. The summed E-state index contributed by atoms with van der Waals surface area (Å²) < 4.78 is 11.3. The first-order valence-corrected chi connectivity index (χ1v) is 11.0. The van der Waals surface area contributed by atoms with Crippen LogP contribution < -0.4 is 15.4 Å². The number of benzene rings is 3. The van der Waals surface area contributed by atoms with Gasteiger partial charge in [0.05, 0.1) is 5.69 Å². The molecule has 3 aromatic rings. The highest BCUT2D eigenvalue weighted by atomic mass is 16.5. The van der Waals surface area contributed by atoms with Crippen molar-refractivity contribution in [3.63, 3.8) is 0 Å². The van der Waals surface area contributed by atoms with Crippen molar-refractivity contribution in [3.05, 3.63) is 95.6 Å². The Kier molecular flexibility index (Phi) is 6.63. The lowest BCUT2D eigenvalue weighted by molar-refractivity contribution is -0.154. The molecule has 3 aromatic carbocycles. The molecule has 1 heterocycles. The summed E-state index contributed by atoms with van der Waals surface area (Å²) in [5.74, 6) is -1.56. The average Bonchev–Trinajstić information content (AvgIpc) is 2.84. The normalized spacial score (nSPS) is 17.5. The summed E-state index contributed by atoms with van der Waals surface area (Å²) >= 11 is 0. The maximum absolute atomic E-state index is 13.3. The van der Waals surface area contributed by atoms with Gasteiger partial charge in [-0.1, -0.05) is 66.7 Å². The number of carbonyl (C=O) groups excluding carboxylic acids is 3. The number of fused-ring (bicyclic) bond motifs is 1. The Morgan fingerprint density at radius 3 is 2.32 bits per heavy atom. The van der Waals surface area contributed by atoms with Gasteiger partial charge in [0.2, 0.25) is 0 Å². The molecule has 1 aliphatic rings. The first kappa shape index (κ1) is 23.0. The molecule has 2 atom stereocenters. The van der Waals surface area contributed by atoms with Crippen LogP contribution in [0.3, 0.4) is 0 Å². The highest BCUT2D eigenvalue weighted by molar-refractivity contribution is 6.15. The first-order valence-electron chi connectivity index (χ1n) is 11.0. The molecule has 0 bridgehead atoms. The number of aryl methyl sites for hydroxylation is 1. The molecular formula is C27H26N2O5. The van der Waals surface area contributed by atoms with Crippen LogP contribution in [-0.2, 0) is 32.1 Å². The first-order chi connectivity index (χ1) is 16.3. The molecule has 0 aliphatic carbocycles. The Bertz CT molecular complexity index is 1200. The van der Waals surface area contributed by atoms with E-state index in [-0.39, 0.29) is 13.0 Å². The van der Waals surface area contributed by atoms with Crippen molar-refractivity contribution in [1.29, 1.82) is 0 Å². The van der Waals surface area contributed by atoms with Crippen molar-refractivity contribution in [1.82, 2.24) is 5.32 Å². The monoisotopic (exact) mass is 458 g/mol. The van der Waals surface area contributed by atoms with Crippen LogP contribution in [0, 0.1) is 6.92 Å². The molecule has 2 amide bonds. The molecule has 0 fully saturated rings. The average molecular weight is 459 g/mol. The number of hydrogen-bond acceptors (Lipinski definition) is 5. The Hall–Kier alpha value is -4.13. The van der Waals surface area contributed by atoms with Gasteiger partial charge in [-0.25, -0.2) is 4.79 Å². The van der Waals surface area contributed by atoms with Crippen molar-refractivity contribution < 1.29 is 23.9 Å². The van der Waals surface area contributed by atoms with Gasteiger partial charge in [0.15, 0.2) is 0 Å². The summed E-state index contributed by atoms with van der Waals surface area (Å²) in [5.41, 5.74) is 1.26. The molecule has 0 aromatic heterocycles. The minimum atomic E-state index is -1.85. The van der Waals surface area contributed by atoms with Crippen LogP contribution in [0.15, 0.2) is 78.9 Å². The van der Waals surface area contributed by atoms with E-state index in [1.807, 2.05) is 73.7 Å². The standard InChI is InChI=1S/C27H26N2O5/c1-18-13-14-23-21(15-18)28-25(31)27(2,34-23)26(32)29-22(16-19-9-5-3-6-10-19)24(30)33-17-20-11-7-4-8-12-20/h3-15,22H,16-17H2,1-2H3,(H,28,31)(H,29,32)/t22-,27+/m1/s1. The molecule has 34 heavy (non-hydrogen) atoms. The zero-order chi connectivity index (χ0) is 24.1. The van der Waals surface area contributed by atoms with Gasteiger partial charge in [0.25, 0.3) is 17.4 Å². The number of anilines is 1. The molecule has 0 saturated carbocycles. The predicted molar refractivity (Wildman–Crippen MR) is 127 cm³/mol. The second-order valence-electron chi connectivity index (χ2n) is 8.40. The van der Waals surface area contributed by atoms with E-state index in [1.54, 1.807) is 12.1 Å². The Morgan fingerprint density at radius 2 is 1.65 bits per heavy atom. The summed E-state index contributed by atoms with van der Waals surface area (Å²) in [5, 5.41) is 5.42. The third-order valence-corrected chi connectivity index (χ3v) is 5.66. The van der Waals surface area contributed by atoms with E-state index in [1.165, 1.54) is 6.92 Å². The van der Waals surface area contributed by atoms with Crippen molar-refractivity contribution in [3.8, 4) is 5.75 Å². The van der Waals surface area contributed by atoms with E-state index in [4.69, 9.17) is 9.47 Å². The smallest absolute Gasteiger partial charge is 0.329 e. The van der Waals surface area contributed by atoms with Gasteiger partial charge in [-0.15, -0.1) is 0 Å². The van der Waals surface area contributed by atoms with Crippen LogP contribution in [0.5, 0.6) is 5.75 Å². The van der Waals surface area contributed by atoms with Crippen molar-refractivity contribution >= 4 is 23.5 Å². The Balaban J connectivity index is 1.52. The zero-order valence-electron chi connectivity index (χ0n) is 19.0. The number of hydrogen-bond donors (Lipinski definition) is 2. The van der Waals surface area contributed by atoms with E-state index < -0.39 is 29.4 Å². The SMILES string of the molecule is Cc1ccc2c(c1)NC(=O)[C@@](C)(C(=O)N[C@H](Cc1ccccc1)C(=O)OCc1ccccc1)O2. The molecule has 1 aliphatic heterocycles. The summed E-state index contributed by atoms with van der Waals surface area (Å²) in [6, 6.07) is 22.8. The van der Waals surface area contributed by atoms with Gasteiger partial charge in [0, 0.05) is 6.42 Å². The Morgan fingerprint density at radius 1 is 1.00 bits per heavy atom. The molecule has 0 radical (unpaired) electrons. The number of esters is 1. The van der Waals surface area contributed by atoms with Crippen molar-refractivity contribution in [2.75, 3.05) is 5.32 Å². The lowest BCUT2D eigenvalue weighted by atomic mass is 9.99. The van der Waals surface area contributed by atoms with Gasteiger partial charge in [-0.2, -0.15) is 0 Å². The highest BCUT2D eigenvalue weighted by Crippen LogP contribution is 2.34. The summed E-state index contributed by atoms with van der Waals surface area (Å²) in [6.07, 6.45) is 0.202. The van der Waals surface area contributed by atoms with Crippen molar-refractivity contribution in [2.45, 2.75) is 38.5 Å². The summed E-state index contributed by atoms with van der Waals surface area (Å²) in [7, 11) is 0. The Labute approximate surface area is 198 Å². The maximum Gasteiger partial charge on any atom is 0.329 e. The number of amides is 2. The minimum absolute atomic E-state index is 0.0712. The van der Waals surface area contributed by atoms with Gasteiger partial charge < -0.3 is 20.1 Å². The van der Waals surface area contributed by atoms with E-state index in [0.29, 0.717) is 11.4 Å². The van der Waals surface area contributed by atoms with Crippen LogP contribution in [-0.4, -0.2) is 29.4 Å². The van der Waals surface area contributed by atoms with Crippen LogP contribution in [0.1, 0.15) is 23.6 Å². The second-order valence-corrected chi connectivity index (χ2v) is 8.40. The minimum Gasteiger partial charge on any atom is -0.466 e. The molecule has 7 nitrogen and oxygen atoms in total. The summed E-state index contributed by atoms with van der Waals surface area (Å²) in [4.78, 5) is 39.1. The van der Waals surface area contributed by atoms with Gasteiger partial charge >= 0.3 is 5.97 Å². The highest BCUT2D eigenvalue weighted by Gasteiger charge is 2.48. The number of rotatable bonds is 7. The van der Waals surface area contributed by atoms with E-state index >= 15 is 0 Å².